The zero-order valence-electron chi connectivity index (χ0n) is 19.5. The first-order valence-corrected chi connectivity index (χ1v) is 14.2. The van der Waals surface area contributed by atoms with Crippen LogP contribution in [0, 0.1) is 0 Å². The van der Waals surface area contributed by atoms with Crippen LogP contribution in [0.15, 0.2) is 41.0 Å². The van der Waals surface area contributed by atoms with Crippen LogP contribution >= 0.6 is 0 Å². The summed E-state index contributed by atoms with van der Waals surface area (Å²) < 4.78 is 13.1. The van der Waals surface area contributed by atoms with Gasteiger partial charge in [-0.25, -0.2) is 0 Å². The zero-order chi connectivity index (χ0) is 21.0. The van der Waals surface area contributed by atoms with Gasteiger partial charge in [-0.05, 0) is 46.0 Å². The van der Waals surface area contributed by atoms with Crippen molar-refractivity contribution in [3.05, 3.63) is 41.0 Å². The molecule has 2 rings (SSSR count). The molecule has 0 radical (unpaired) electrons. The first kappa shape index (κ1) is 23.4. The summed E-state index contributed by atoms with van der Waals surface area (Å²) in [6.07, 6.45) is 7.07. The summed E-state index contributed by atoms with van der Waals surface area (Å²) in [6, 6.07) is 11.1. The SMILES string of the molecule is CCCC/C(B1OC(C)(C)C(C)(C)O1)=C(\CCCC)[Si](C)(C)c1ccccc1. The number of unbranched alkanes of at least 4 members (excludes halogenated alkanes) is 2. The van der Waals surface area contributed by atoms with E-state index >= 15 is 0 Å². The Kier molecular flexibility index (Phi) is 7.80. The fourth-order valence-corrected chi connectivity index (χ4v) is 7.24. The highest BCUT2D eigenvalue weighted by atomic mass is 28.3. The van der Waals surface area contributed by atoms with Gasteiger partial charge in [0.15, 0.2) is 0 Å². The van der Waals surface area contributed by atoms with E-state index in [4.69, 9.17) is 9.31 Å². The molecule has 4 heteroatoms. The first-order chi connectivity index (χ1) is 13.1. The highest BCUT2D eigenvalue weighted by Gasteiger charge is 2.53. The number of allylic oxidation sites excluding steroid dienone is 2. The molecule has 0 saturated carbocycles. The molecular weight excluding hydrogens is 359 g/mol. The first-order valence-electron chi connectivity index (χ1n) is 11.2. The summed E-state index contributed by atoms with van der Waals surface area (Å²) in [4.78, 5) is 0. The Labute approximate surface area is 175 Å². The van der Waals surface area contributed by atoms with Crippen LogP contribution in [0.2, 0.25) is 13.1 Å². The third-order valence-corrected chi connectivity index (χ3v) is 10.6. The largest absolute Gasteiger partial charge is 0.490 e. The van der Waals surface area contributed by atoms with Crippen LogP contribution in [0.1, 0.15) is 80.1 Å². The molecule has 1 aromatic carbocycles. The van der Waals surface area contributed by atoms with Crippen LogP contribution in [0.4, 0.5) is 0 Å². The van der Waals surface area contributed by atoms with Gasteiger partial charge in [0.1, 0.15) is 8.07 Å². The topological polar surface area (TPSA) is 18.5 Å². The van der Waals surface area contributed by atoms with E-state index in [2.05, 4.69) is 85.0 Å². The van der Waals surface area contributed by atoms with Gasteiger partial charge in [0.25, 0.3) is 0 Å². The fraction of sp³-hybridized carbons (Fsp3) is 0.667. The molecule has 1 saturated heterocycles. The maximum atomic E-state index is 6.56. The van der Waals surface area contributed by atoms with Crippen molar-refractivity contribution in [2.75, 3.05) is 0 Å². The Morgan fingerprint density at radius 1 is 0.857 bits per heavy atom. The van der Waals surface area contributed by atoms with Crippen LogP contribution in [-0.2, 0) is 9.31 Å². The lowest BCUT2D eigenvalue weighted by atomic mass is 9.74. The molecule has 0 unspecified atom stereocenters. The van der Waals surface area contributed by atoms with Gasteiger partial charge in [0.05, 0.1) is 11.2 Å². The van der Waals surface area contributed by atoms with Gasteiger partial charge < -0.3 is 9.31 Å². The molecule has 0 bridgehead atoms. The van der Waals surface area contributed by atoms with Crippen molar-refractivity contribution in [3.63, 3.8) is 0 Å². The Bertz CT molecular complexity index is 648. The zero-order valence-corrected chi connectivity index (χ0v) is 20.5. The fourth-order valence-electron chi connectivity index (χ4n) is 4.02. The van der Waals surface area contributed by atoms with Gasteiger partial charge in [0.2, 0.25) is 0 Å². The second-order valence-electron chi connectivity index (χ2n) is 9.79. The molecule has 0 aliphatic carbocycles. The molecule has 0 spiro atoms. The summed E-state index contributed by atoms with van der Waals surface area (Å²) in [5.41, 5.74) is 0.863. The predicted molar refractivity (Wildman–Crippen MR) is 126 cm³/mol. The van der Waals surface area contributed by atoms with E-state index in [9.17, 15) is 0 Å². The van der Waals surface area contributed by atoms with Gasteiger partial charge in [-0.2, -0.15) is 0 Å². The molecular formula is C24H41BO2Si. The third-order valence-electron chi connectivity index (χ3n) is 6.76. The standard InChI is InChI=1S/C24H41BO2Si/c1-9-11-18-21(25-26-23(3,4)24(5,6)27-25)22(19-12-10-2)28(7,8)20-16-14-13-15-17-20/h13-17H,9-12,18-19H2,1-8H3/b22-21-. The molecule has 0 N–H and O–H groups in total. The van der Waals surface area contributed by atoms with E-state index in [1.54, 1.807) is 5.20 Å². The minimum atomic E-state index is -1.80. The van der Waals surface area contributed by atoms with E-state index in [0.29, 0.717) is 0 Å². The molecule has 2 nitrogen and oxygen atoms in total. The lowest BCUT2D eigenvalue weighted by Crippen LogP contribution is -2.46. The summed E-state index contributed by atoms with van der Waals surface area (Å²) in [5.74, 6) is 0. The Morgan fingerprint density at radius 2 is 1.36 bits per heavy atom. The number of rotatable bonds is 9. The van der Waals surface area contributed by atoms with Crippen LogP contribution in [0.5, 0.6) is 0 Å². The van der Waals surface area contributed by atoms with Crippen molar-refractivity contribution >= 4 is 20.4 Å². The third kappa shape index (κ3) is 5.01. The molecule has 1 fully saturated rings. The molecule has 1 aliphatic rings. The smallest absolute Gasteiger partial charge is 0.400 e. The highest BCUT2D eigenvalue weighted by molar-refractivity contribution is 6.96. The van der Waals surface area contributed by atoms with Gasteiger partial charge in [0, 0.05) is 0 Å². The van der Waals surface area contributed by atoms with Crippen LogP contribution < -0.4 is 5.19 Å². The van der Waals surface area contributed by atoms with Crippen molar-refractivity contribution in [1.82, 2.24) is 0 Å². The van der Waals surface area contributed by atoms with Crippen molar-refractivity contribution in [3.8, 4) is 0 Å². The number of benzene rings is 1. The summed E-state index contributed by atoms with van der Waals surface area (Å²) >= 11 is 0. The average Bonchev–Trinajstić information content (AvgIpc) is 2.85. The molecule has 1 aliphatic heterocycles. The lowest BCUT2D eigenvalue weighted by Gasteiger charge is -2.32. The second-order valence-corrected chi connectivity index (χ2v) is 14.2. The van der Waals surface area contributed by atoms with E-state index in [1.165, 1.54) is 36.3 Å². The van der Waals surface area contributed by atoms with Crippen molar-refractivity contribution in [2.45, 2.75) is 104 Å². The van der Waals surface area contributed by atoms with Crippen LogP contribution in [-0.4, -0.2) is 26.4 Å². The summed E-state index contributed by atoms with van der Waals surface area (Å²) in [5, 5.41) is 3.15. The van der Waals surface area contributed by atoms with E-state index < -0.39 is 8.07 Å². The summed E-state index contributed by atoms with van der Waals surface area (Å²) in [7, 11) is -2.01. The molecule has 1 heterocycles. The Morgan fingerprint density at radius 3 is 1.86 bits per heavy atom. The Balaban J connectivity index is 2.56. The maximum Gasteiger partial charge on any atom is 0.490 e. The monoisotopic (exact) mass is 400 g/mol. The lowest BCUT2D eigenvalue weighted by molar-refractivity contribution is 0.00578. The van der Waals surface area contributed by atoms with E-state index in [-0.39, 0.29) is 18.3 Å². The molecule has 0 atom stereocenters. The molecule has 0 amide bonds. The van der Waals surface area contributed by atoms with Gasteiger partial charge in [-0.1, -0.05) is 93.3 Å². The van der Waals surface area contributed by atoms with E-state index in [1.807, 2.05) is 0 Å². The normalized spacial score (nSPS) is 19.6. The summed E-state index contributed by atoms with van der Waals surface area (Å²) in [6.45, 7) is 18.2. The predicted octanol–water partition coefficient (Wildman–Crippen LogP) is 6.45. The van der Waals surface area contributed by atoms with Crippen LogP contribution in [0.25, 0.3) is 0 Å². The molecule has 156 valence electrons. The van der Waals surface area contributed by atoms with Gasteiger partial charge >= 0.3 is 7.12 Å². The number of hydrogen-bond acceptors (Lipinski definition) is 2. The average molecular weight is 400 g/mol. The molecule has 1 aromatic rings. The van der Waals surface area contributed by atoms with E-state index in [0.717, 1.165) is 12.8 Å². The van der Waals surface area contributed by atoms with Gasteiger partial charge in [-0.3, -0.25) is 0 Å². The van der Waals surface area contributed by atoms with Crippen LogP contribution in [0.3, 0.4) is 0 Å². The maximum absolute atomic E-state index is 6.56. The quantitative estimate of drug-likeness (QED) is 0.444. The van der Waals surface area contributed by atoms with Gasteiger partial charge in [-0.15, -0.1) is 0 Å². The minimum absolute atomic E-state index is 0.209. The van der Waals surface area contributed by atoms with Crippen molar-refractivity contribution in [2.24, 2.45) is 0 Å². The molecule has 28 heavy (non-hydrogen) atoms. The Hall–Kier alpha value is -0.838. The highest BCUT2D eigenvalue weighted by Crippen LogP contribution is 2.41. The molecule has 0 aromatic heterocycles. The number of hydrogen-bond donors (Lipinski definition) is 0. The second kappa shape index (κ2) is 9.32. The minimum Gasteiger partial charge on any atom is -0.400 e. The van der Waals surface area contributed by atoms with Crippen molar-refractivity contribution < 1.29 is 9.31 Å². The van der Waals surface area contributed by atoms with Crippen molar-refractivity contribution in [1.29, 1.82) is 0 Å².